The molecular formula is C75H125N7O2. The van der Waals surface area contributed by atoms with E-state index in [4.69, 9.17) is 4.74 Å². The van der Waals surface area contributed by atoms with Gasteiger partial charge in [0.15, 0.2) is 0 Å². The van der Waals surface area contributed by atoms with Crippen LogP contribution in [0.2, 0.25) is 0 Å². The minimum Gasteiger partial charge on any atom is -0.381 e. The van der Waals surface area contributed by atoms with Crippen molar-refractivity contribution < 1.29 is 9.53 Å². The summed E-state index contributed by atoms with van der Waals surface area (Å²) in [6, 6.07) is 26.5. The molecule has 1 aliphatic carbocycles. The smallest absolute Gasteiger partial charge is 0.219 e. The molecule has 0 radical (unpaired) electrons. The number of rotatable bonds is 9. The van der Waals surface area contributed by atoms with E-state index >= 15 is 0 Å². The van der Waals surface area contributed by atoms with Crippen molar-refractivity contribution in [1.82, 2.24) is 35.1 Å². The fraction of sp³-hybridized carbons (Fsp3) is 0.653. The minimum absolute atomic E-state index is 0.234. The number of likely N-dealkylation sites (tertiary alicyclic amines) is 1. The number of amides is 1. The molecule has 9 rings (SSSR count). The van der Waals surface area contributed by atoms with Gasteiger partial charge in [0.2, 0.25) is 5.91 Å². The van der Waals surface area contributed by atoms with E-state index in [1.54, 1.807) is 25.5 Å². The third-order valence-corrected chi connectivity index (χ3v) is 16.6. The predicted molar refractivity (Wildman–Crippen MR) is 362 cm³/mol. The molecule has 9 heteroatoms. The molecule has 472 valence electrons. The van der Waals surface area contributed by atoms with Gasteiger partial charge in [-0.05, 0) is 176 Å². The standard InChI is InChI=1S/C10H19NO.C9H18.C9H12.C8H17N.3C8H11N.C8H16O.C7H10N2/c1-8(2)10-4-6-11(7-5-10)9(3)12;2*1-8(2)9-6-4-3-5-7-9;2*1-7(2)8-3-5-9-6-4-8;1-7(2)8-4-3-5-9-6-8;1-7(2)8-5-3-4-6-9-8;1-7(2)8-3-5-9-6-4-8;1-6(2)7-8-4-3-5-9-7/h8,10H,4-7H2,1-3H3;8-9H,3-7H2,1-2H3;3-8H,1-2H3;7-9H,3-6H2,1-2H3;3*3-7H,1-2H3;7-8H,3-6H2,1-2H3;3-6H,1-2H3. The molecule has 1 amide bonds. The summed E-state index contributed by atoms with van der Waals surface area (Å²) in [5.74, 6) is 11.3. The molecule has 1 saturated carbocycles. The number of carbonyl (C=O) groups excluding carboxylic acids is 1. The molecule has 4 fully saturated rings. The molecule has 84 heavy (non-hydrogen) atoms. The van der Waals surface area contributed by atoms with Crippen LogP contribution in [0.15, 0.2) is 122 Å². The molecule has 4 aliphatic rings. The van der Waals surface area contributed by atoms with Gasteiger partial charge in [0.05, 0.1) is 0 Å². The summed E-state index contributed by atoms with van der Waals surface area (Å²) in [7, 11) is 0. The normalized spacial score (nSPS) is 15.7. The lowest BCUT2D eigenvalue weighted by atomic mass is 9.82. The zero-order valence-corrected chi connectivity index (χ0v) is 57.1. The summed E-state index contributed by atoms with van der Waals surface area (Å²) in [5, 5.41) is 3.37. The van der Waals surface area contributed by atoms with E-state index in [0.717, 1.165) is 85.2 Å². The average Bonchev–Trinajstić information content (AvgIpc) is 3.52. The van der Waals surface area contributed by atoms with Crippen LogP contribution < -0.4 is 5.32 Å². The first-order chi connectivity index (χ1) is 40.0. The highest BCUT2D eigenvalue weighted by molar-refractivity contribution is 5.73. The van der Waals surface area contributed by atoms with Crippen molar-refractivity contribution in [2.75, 3.05) is 39.4 Å². The van der Waals surface area contributed by atoms with Crippen LogP contribution in [0, 0.1) is 47.3 Å². The van der Waals surface area contributed by atoms with Crippen LogP contribution >= 0.6 is 0 Å². The SMILES string of the molecule is CC(=O)N1CCC(C(C)C)CC1.CC(C)C1CCCCC1.CC(C)C1CCNCC1.CC(C)C1CCOCC1.CC(C)c1ccccc1.CC(C)c1ccccn1.CC(C)c1cccnc1.CC(C)c1ccncc1.CC(C)c1ncccn1. The first-order valence-corrected chi connectivity index (χ1v) is 33.1. The van der Waals surface area contributed by atoms with E-state index in [2.05, 4.69) is 185 Å². The summed E-state index contributed by atoms with van der Waals surface area (Å²) >= 11 is 0. The van der Waals surface area contributed by atoms with Crippen molar-refractivity contribution in [3.63, 3.8) is 0 Å². The molecule has 5 aromatic rings. The topological polar surface area (TPSA) is 106 Å². The number of nitrogens with one attached hydrogen (secondary N) is 1. The number of piperidine rings is 2. The number of hydrogen-bond acceptors (Lipinski definition) is 8. The zero-order chi connectivity index (χ0) is 62.7. The van der Waals surface area contributed by atoms with Crippen LogP contribution in [0.1, 0.15) is 260 Å². The highest BCUT2D eigenvalue weighted by atomic mass is 16.5. The Morgan fingerprint density at radius 2 is 0.881 bits per heavy atom. The van der Waals surface area contributed by atoms with Crippen molar-refractivity contribution in [1.29, 1.82) is 0 Å². The van der Waals surface area contributed by atoms with E-state index < -0.39 is 0 Å². The zero-order valence-electron chi connectivity index (χ0n) is 57.1. The molecular weight excluding hydrogens is 1030 g/mol. The van der Waals surface area contributed by atoms with Gasteiger partial charge in [-0.25, -0.2) is 9.97 Å². The summed E-state index contributed by atoms with van der Waals surface area (Å²) in [6.45, 7) is 48.1. The molecule has 1 aromatic carbocycles. The number of hydrogen-bond donors (Lipinski definition) is 1. The monoisotopic (exact) mass is 1160 g/mol. The highest BCUT2D eigenvalue weighted by Gasteiger charge is 2.23. The second-order valence-electron chi connectivity index (χ2n) is 26.4. The van der Waals surface area contributed by atoms with Crippen molar-refractivity contribution in [2.45, 2.75) is 232 Å². The number of ether oxygens (including phenoxy) is 1. The summed E-state index contributed by atoms with van der Waals surface area (Å²) < 4.78 is 5.25. The number of benzene rings is 1. The lowest BCUT2D eigenvalue weighted by molar-refractivity contribution is -0.130. The fourth-order valence-corrected chi connectivity index (χ4v) is 10.2. The van der Waals surface area contributed by atoms with Crippen LogP contribution in [0.3, 0.4) is 0 Å². The summed E-state index contributed by atoms with van der Waals surface area (Å²) in [5.41, 5.74) is 5.23. The van der Waals surface area contributed by atoms with E-state index in [-0.39, 0.29) is 5.91 Å². The van der Waals surface area contributed by atoms with Gasteiger partial charge >= 0.3 is 0 Å². The Bertz CT molecular complexity index is 1910. The Labute approximate surface area is 517 Å². The van der Waals surface area contributed by atoms with Gasteiger partial charge in [0.25, 0.3) is 0 Å². The third-order valence-electron chi connectivity index (χ3n) is 16.6. The maximum absolute atomic E-state index is 11.0. The van der Waals surface area contributed by atoms with Crippen LogP contribution in [0.4, 0.5) is 0 Å². The second-order valence-corrected chi connectivity index (χ2v) is 26.4. The Kier molecular flexibility index (Phi) is 43.5. The van der Waals surface area contributed by atoms with Gasteiger partial charge in [-0.1, -0.05) is 199 Å². The van der Waals surface area contributed by atoms with Gasteiger partial charge in [-0.15, -0.1) is 0 Å². The van der Waals surface area contributed by atoms with Gasteiger partial charge in [0, 0.05) is 88.2 Å². The molecule has 1 N–H and O–H groups in total. The Balaban J connectivity index is 0.000000473. The Morgan fingerprint density at radius 3 is 1.21 bits per heavy atom. The molecule has 0 unspecified atom stereocenters. The average molecular weight is 1160 g/mol. The molecule has 9 nitrogen and oxygen atoms in total. The number of aromatic nitrogens is 5. The largest absolute Gasteiger partial charge is 0.381 e. The molecule has 7 heterocycles. The van der Waals surface area contributed by atoms with Gasteiger partial charge < -0.3 is 15.0 Å². The maximum Gasteiger partial charge on any atom is 0.219 e. The van der Waals surface area contributed by atoms with E-state index in [1.807, 2.05) is 78.2 Å². The van der Waals surface area contributed by atoms with E-state index in [9.17, 15) is 4.79 Å². The Morgan fingerprint density at radius 1 is 0.429 bits per heavy atom. The van der Waals surface area contributed by atoms with Crippen LogP contribution in [0.25, 0.3) is 0 Å². The lowest BCUT2D eigenvalue weighted by Gasteiger charge is -2.33. The summed E-state index contributed by atoms with van der Waals surface area (Å²) in [6.07, 6.45) is 27.9. The fourth-order valence-electron chi connectivity index (χ4n) is 10.2. The van der Waals surface area contributed by atoms with Crippen LogP contribution in [0.5, 0.6) is 0 Å². The first-order valence-electron chi connectivity index (χ1n) is 33.1. The van der Waals surface area contributed by atoms with E-state index in [1.165, 1.54) is 100 Å². The second kappa shape index (κ2) is 47.3. The number of carbonyl (C=O) groups is 1. The molecule has 0 bridgehead atoms. The van der Waals surface area contributed by atoms with Crippen LogP contribution in [-0.2, 0) is 9.53 Å². The molecule has 0 spiro atoms. The van der Waals surface area contributed by atoms with Crippen molar-refractivity contribution >= 4 is 5.91 Å². The maximum atomic E-state index is 11.0. The van der Waals surface area contributed by atoms with E-state index in [0.29, 0.717) is 29.6 Å². The highest BCUT2D eigenvalue weighted by Crippen LogP contribution is 2.29. The Hall–Kier alpha value is -4.86. The predicted octanol–water partition coefficient (Wildman–Crippen LogP) is 19.9. The van der Waals surface area contributed by atoms with Crippen molar-refractivity contribution in [3.8, 4) is 0 Å². The van der Waals surface area contributed by atoms with Gasteiger partial charge in [0.1, 0.15) is 5.82 Å². The third kappa shape index (κ3) is 37.5. The number of nitrogens with zero attached hydrogens (tertiary/aromatic N) is 6. The van der Waals surface area contributed by atoms with Crippen LogP contribution in [-0.4, -0.2) is 75.1 Å². The summed E-state index contributed by atoms with van der Waals surface area (Å²) in [4.78, 5) is 33.2. The first kappa shape index (κ1) is 77.2. The van der Waals surface area contributed by atoms with Crippen molar-refractivity contribution in [2.24, 2.45) is 47.3 Å². The molecule has 4 aromatic heterocycles. The molecule has 3 aliphatic heterocycles. The van der Waals surface area contributed by atoms with Gasteiger partial charge in [-0.3, -0.25) is 19.7 Å². The van der Waals surface area contributed by atoms with Crippen molar-refractivity contribution in [3.05, 3.63) is 150 Å². The van der Waals surface area contributed by atoms with Gasteiger partial charge in [-0.2, -0.15) is 0 Å². The number of pyridine rings is 3. The quantitative estimate of drug-likeness (QED) is 0.156. The molecule has 0 atom stereocenters. The minimum atomic E-state index is 0.234. The molecule has 3 saturated heterocycles. The lowest BCUT2D eigenvalue weighted by Crippen LogP contribution is -2.38.